The maximum Gasteiger partial charge on any atom is 0.0326 e. The predicted molar refractivity (Wildman–Crippen MR) is 78.2 cm³/mol. The van der Waals surface area contributed by atoms with Crippen molar-refractivity contribution in [1.29, 1.82) is 0 Å². The second-order valence-corrected chi connectivity index (χ2v) is 5.64. The number of nitrogens with one attached hydrogen (secondary N) is 1. The Labute approximate surface area is 111 Å². The number of hydrogen-bond donors (Lipinski definition) is 1. The first-order valence-corrected chi connectivity index (χ1v) is 7.04. The first-order chi connectivity index (χ1) is 8.52. The quantitative estimate of drug-likeness (QED) is 0.863. The fourth-order valence-electron chi connectivity index (χ4n) is 3.13. The Kier molecular flexibility index (Phi) is 4.08. The van der Waals surface area contributed by atoms with E-state index in [1.54, 1.807) is 5.56 Å². The minimum Gasteiger partial charge on any atom is -0.314 e. The van der Waals surface area contributed by atoms with Crippen molar-refractivity contribution in [1.82, 2.24) is 10.2 Å². The molecule has 0 spiro atoms. The highest BCUT2D eigenvalue weighted by Crippen LogP contribution is 2.30. The summed E-state index contributed by atoms with van der Waals surface area (Å²) in [6.45, 7) is 15.9. The molecule has 1 atom stereocenters. The highest BCUT2D eigenvalue weighted by Gasteiger charge is 2.22. The summed E-state index contributed by atoms with van der Waals surface area (Å²) in [5.41, 5.74) is 7.35. The van der Waals surface area contributed by atoms with E-state index in [1.165, 1.54) is 22.3 Å². The van der Waals surface area contributed by atoms with E-state index < -0.39 is 0 Å². The Morgan fingerprint density at radius 3 is 2.00 bits per heavy atom. The zero-order valence-electron chi connectivity index (χ0n) is 12.4. The van der Waals surface area contributed by atoms with Crippen molar-refractivity contribution in [3.63, 3.8) is 0 Å². The van der Waals surface area contributed by atoms with Crippen molar-refractivity contribution in [3.8, 4) is 0 Å². The third-order valence-electron chi connectivity index (χ3n) is 4.54. The van der Waals surface area contributed by atoms with Crippen LogP contribution in [0.15, 0.2) is 6.07 Å². The number of nitrogens with zero attached hydrogens (tertiary/aromatic N) is 1. The summed E-state index contributed by atoms with van der Waals surface area (Å²) >= 11 is 0. The summed E-state index contributed by atoms with van der Waals surface area (Å²) in [7, 11) is 0. The lowest BCUT2D eigenvalue weighted by Crippen LogP contribution is -2.44. The van der Waals surface area contributed by atoms with Crippen LogP contribution in [-0.4, -0.2) is 31.1 Å². The first kappa shape index (κ1) is 13.6. The van der Waals surface area contributed by atoms with E-state index >= 15 is 0 Å². The molecule has 1 aromatic carbocycles. The molecule has 2 nitrogen and oxygen atoms in total. The van der Waals surface area contributed by atoms with Crippen LogP contribution >= 0.6 is 0 Å². The van der Waals surface area contributed by atoms with Crippen LogP contribution < -0.4 is 5.32 Å². The zero-order valence-corrected chi connectivity index (χ0v) is 12.4. The van der Waals surface area contributed by atoms with E-state index in [1.807, 2.05) is 0 Å². The molecule has 2 heteroatoms. The maximum atomic E-state index is 3.43. The monoisotopic (exact) mass is 246 g/mol. The van der Waals surface area contributed by atoms with Gasteiger partial charge >= 0.3 is 0 Å². The largest absolute Gasteiger partial charge is 0.314 e. The van der Waals surface area contributed by atoms with Crippen molar-refractivity contribution in [2.24, 2.45) is 0 Å². The van der Waals surface area contributed by atoms with Gasteiger partial charge in [0, 0.05) is 32.2 Å². The normalized spacial score (nSPS) is 18.9. The lowest BCUT2D eigenvalue weighted by atomic mass is 9.89. The molecular weight excluding hydrogens is 220 g/mol. The molecule has 1 aliphatic rings. The first-order valence-electron chi connectivity index (χ1n) is 7.04. The third kappa shape index (κ3) is 2.45. The molecule has 1 aliphatic heterocycles. The second-order valence-electron chi connectivity index (χ2n) is 5.64. The van der Waals surface area contributed by atoms with Crippen LogP contribution in [0, 0.1) is 27.7 Å². The maximum absolute atomic E-state index is 3.43. The molecule has 18 heavy (non-hydrogen) atoms. The van der Waals surface area contributed by atoms with Gasteiger partial charge in [-0.15, -0.1) is 0 Å². The molecule has 1 N–H and O–H groups in total. The summed E-state index contributed by atoms with van der Waals surface area (Å²) in [4.78, 5) is 2.60. The zero-order chi connectivity index (χ0) is 13.3. The number of hydrogen-bond acceptors (Lipinski definition) is 2. The summed E-state index contributed by atoms with van der Waals surface area (Å²) in [6.07, 6.45) is 0. The van der Waals surface area contributed by atoms with Gasteiger partial charge in [0.25, 0.3) is 0 Å². The van der Waals surface area contributed by atoms with Gasteiger partial charge in [-0.3, -0.25) is 4.90 Å². The van der Waals surface area contributed by atoms with Crippen molar-refractivity contribution < 1.29 is 0 Å². The minimum atomic E-state index is 0.533. The second kappa shape index (κ2) is 5.41. The Balaban J connectivity index is 2.37. The lowest BCUT2D eigenvalue weighted by Gasteiger charge is -2.35. The Bertz CT molecular complexity index is 405. The molecular formula is C16H26N2. The van der Waals surface area contributed by atoms with Gasteiger partial charge in [-0.1, -0.05) is 6.07 Å². The van der Waals surface area contributed by atoms with Crippen LogP contribution in [0.1, 0.15) is 40.8 Å². The molecule has 0 aliphatic carbocycles. The molecule has 1 aromatic rings. The van der Waals surface area contributed by atoms with Crippen LogP contribution in [0.3, 0.4) is 0 Å². The van der Waals surface area contributed by atoms with E-state index in [0.717, 1.165) is 26.2 Å². The van der Waals surface area contributed by atoms with Gasteiger partial charge in [0.1, 0.15) is 0 Å². The molecule has 1 fully saturated rings. The van der Waals surface area contributed by atoms with Crippen molar-refractivity contribution in [2.45, 2.75) is 40.7 Å². The van der Waals surface area contributed by atoms with Gasteiger partial charge < -0.3 is 5.32 Å². The number of aryl methyl sites for hydroxylation is 2. The number of rotatable bonds is 2. The average Bonchev–Trinajstić information content (AvgIpc) is 2.37. The van der Waals surface area contributed by atoms with E-state index in [2.05, 4.69) is 50.9 Å². The van der Waals surface area contributed by atoms with E-state index in [-0.39, 0.29) is 0 Å². The van der Waals surface area contributed by atoms with E-state index in [4.69, 9.17) is 0 Å². The Morgan fingerprint density at radius 1 is 1.00 bits per heavy atom. The molecule has 1 unspecified atom stereocenters. The van der Waals surface area contributed by atoms with Crippen molar-refractivity contribution in [2.75, 3.05) is 26.2 Å². The van der Waals surface area contributed by atoms with E-state index in [0.29, 0.717) is 6.04 Å². The topological polar surface area (TPSA) is 15.3 Å². The van der Waals surface area contributed by atoms with Gasteiger partial charge in [0.2, 0.25) is 0 Å². The van der Waals surface area contributed by atoms with Gasteiger partial charge in [-0.2, -0.15) is 0 Å². The highest BCUT2D eigenvalue weighted by molar-refractivity contribution is 5.45. The number of benzene rings is 1. The van der Waals surface area contributed by atoms with Gasteiger partial charge in [0.15, 0.2) is 0 Å². The standard InChI is InChI=1S/C16H26N2/c1-11-10-12(2)14(4)16(13(11)3)15(5)18-8-6-17-7-9-18/h10,15,17H,6-9H2,1-5H3. The molecule has 1 heterocycles. The van der Waals surface area contributed by atoms with Gasteiger partial charge in [-0.25, -0.2) is 0 Å². The molecule has 2 rings (SSSR count). The Morgan fingerprint density at radius 2 is 1.50 bits per heavy atom. The molecule has 0 amide bonds. The summed E-state index contributed by atoms with van der Waals surface area (Å²) < 4.78 is 0. The third-order valence-corrected chi connectivity index (χ3v) is 4.54. The number of piperazine rings is 1. The SMILES string of the molecule is Cc1cc(C)c(C)c(C(C)N2CCNCC2)c1C. The average molecular weight is 246 g/mol. The van der Waals surface area contributed by atoms with Crippen LogP contribution in [0.2, 0.25) is 0 Å². The molecule has 100 valence electrons. The van der Waals surface area contributed by atoms with Crippen LogP contribution in [0.4, 0.5) is 0 Å². The molecule has 0 bridgehead atoms. The highest BCUT2D eigenvalue weighted by atomic mass is 15.2. The van der Waals surface area contributed by atoms with E-state index in [9.17, 15) is 0 Å². The smallest absolute Gasteiger partial charge is 0.0326 e. The van der Waals surface area contributed by atoms with Crippen LogP contribution in [0.25, 0.3) is 0 Å². The van der Waals surface area contributed by atoms with Crippen molar-refractivity contribution in [3.05, 3.63) is 33.9 Å². The lowest BCUT2D eigenvalue weighted by molar-refractivity contribution is 0.184. The molecule has 1 saturated heterocycles. The van der Waals surface area contributed by atoms with Crippen molar-refractivity contribution >= 4 is 0 Å². The minimum absolute atomic E-state index is 0.533. The summed E-state index contributed by atoms with van der Waals surface area (Å²) in [5, 5.41) is 3.43. The van der Waals surface area contributed by atoms with Crippen LogP contribution in [0.5, 0.6) is 0 Å². The van der Waals surface area contributed by atoms with Gasteiger partial charge in [-0.05, 0) is 62.4 Å². The summed E-state index contributed by atoms with van der Waals surface area (Å²) in [6, 6.07) is 2.85. The van der Waals surface area contributed by atoms with Gasteiger partial charge in [0.05, 0.1) is 0 Å². The van der Waals surface area contributed by atoms with Crippen LogP contribution in [-0.2, 0) is 0 Å². The summed E-state index contributed by atoms with van der Waals surface area (Å²) in [5.74, 6) is 0. The molecule has 0 radical (unpaired) electrons. The fourth-order valence-corrected chi connectivity index (χ4v) is 3.13. The fraction of sp³-hybridized carbons (Fsp3) is 0.625. The molecule has 0 saturated carbocycles. The predicted octanol–water partition coefficient (Wildman–Crippen LogP) is 2.89. The Hall–Kier alpha value is -0.860. The molecule has 0 aromatic heterocycles.